The second-order valence-electron chi connectivity index (χ2n) is 8.54. The maximum atomic E-state index is 13.0. The van der Waals surface area contributed by atoms with Crippen LogP contribution >= 0.6 is 0 Å². The number of halogens is 2. The van der Waals surface area contributed by atoms with Crippen molar-refractivity contribution in [2.45, 2.75) is 69.9 Å². The predicted octanol–water partition coefficient (Wildman–Crippen LogP) is 4.36. The second kappa shape index (κ2) is 6.26. The van der Waals surface area contributed by atoms with Crippen LogP contribution in [0.25, 0.3) is 11.0 Å². The molecule has 0 saturated heterocycles. The lowest BCUT2D eigenvalue weighted by atomic mass is 9.79. The standard InChI is InChI=1S/C20H25F2N3O2/c1-19(2,27)13-6-7-15-16(9-13)25(14-4-3-5-14)18(23-15)24-17(26)8-12-10-20(21,22)11-12/h6-7,9,12,14,27H,3-5,8,10-11H2,1-2H3,(H,23,24,26). The van der Waals surface area contributed by atoms with Crippen LogP contribution in [0.15, 0.2) is 18.2 Å². The Morgan fingerprint density at radius 1 is 1.37 bits per heavy atom. The van der Waals surface area contributed by atoms with Crippen LogP contribution in [-0.4, -0.2) is 26.5 Å². The van der Waals surface area contributed by atoms with Crippen LogP contribution in [0.3, 0.4) is 0 Å². The zero-order chi connectivity index (χ0) is 19.4. The van der Waals surface area contributed by atoms with E-state index in [0.29, 0.717) is 5.95 Å². The lowest BCUT2D eigenvalue weighted by Gasteiger charge is -2.34. The molecule has 7 heteroatoms. The van der Waals surface area contributed by atoms with E-state index in [1.807, 2.05) is 22.8 Å². The van der Waals surface area contributed by atoms with E-state index in [2.05, 4.69) is 10.3 Å². The molecular formula is C20H25F2N3O2. The molecule has 146 valence electrons. The van der Waals surface area contributed by atoms with E-state index in [-0.39, 0.29) is 37.1 Å². The number of aliphatic hydroxyl groups is 1. The van der Waals surface area contributed by atoms with Crippen molar-refractivity contribution in [2.24, 2.45) is 5.92 Å². The SMILES string of the molecule is CC(C)(O)c1ccc2nc(NC(=O)CC3CC(F)(F)C3)n(C3CCC3)c2c1. The average molecular weight is 377 g/mol. The van der Waals surface area contributed by atoms with E-state index in [1.54, 1.807) is 13.8 Å². The Morgan fingerprint density at radius 2 is 2.07 bits per heavy atom. The van der Waals surface area contributed by atoms with Gasteiger partial charge in [0.1, 0.15) is 0 Å². The minimum absolute atomic E-state index is 0.0956. The predicted molar refractivity (Wildman–Crippen MR) is 98.8 cm³/mol. The van der Waals surface area contributed by atoms with E-state index in [0.717, 1.165) is 35.9 Å². The molecule has 0 bridgehead atoms. The second-order valence-corrected chi connectivity index (χ2v) is 8.54. The number of benzene rings is 1. The van der Waals surface area contributed by atoms with Gasteiger partial charge in [-0.3, -0.25) is 10.1 Å². The van der Waals surface area contributed by atoms with Crippen LogP contribution in [-0.2, 0) is 10.4 Å². The van der Waals surface area contributed by atoms with Gasteiger partial charge in [-0.2, -0.15) is 0 Å². The monoisotopic (exact) mass is 377 g/mol. The topological polar surface area (TPSA) is 67.2 Å². The Kier molecular flexibility index (Phi) is 4.25. The van der Waals surface area contributed by atoms with Gasteiger partial charge in [-0.15, -0.1) is 0 Å². The van der Waals surface area contributed by atoms with E-state index >= 15 is 0 Å². The molecule has 4 rings (SSSR count). The first-order chi connectivity index (χ1) is 12.6. The fraction of sp³-hybridized carbons (Fsp3) is 0.600. The van der Waals surface area contributed by atoms with Gasteiger partial charge >= 0.3 is 0 Å². The largest absolute Gasteiger partial charge is 0.386 e. The Labute approximate surface area is 156 Å². The van der Waals surface area contributed by atoms with Gasteiger partial charge in [0.25, 0.3) is 0 Å². The number of fused-ring (bicyclic) bond motifs is 1. The van der Waals surface area contributed by atoms with Gasteiger partial charge in [0.2, 0.25) is 17.8 Å². The number of alkyl halides is 2. The quantitative estimate of drug-likeness (QED) is 0.813. The minimum atomic E-state index is -2.61. The Hall–Kier alpha value is -2.02. The van der Waals surface area contributed by atoms with Crippen molar-refractivity contribution in [1.29, 1.82) is 0 Å². The molecule has 1 heterocycles. The fourth-order valence-corrected chi connectivity index (χ4v) is 3.94. The number of aromatic nitrogens is 2. The number of hydrogen-bond donors (Lipinski definition) is 2. The molecule has 2 aromatic rings. The number of carbonyl (C=O) groups excluding carboxylic acids is 1. The van der Waals surface area contributed by atoms with E-state index < -0.39 is 11.5 Å². The third kappa shape index (κ3) is 3.57. The Balaban J connectivity index is 1.60. The molecule has 2 saturated carbocycles. The molecule has 27 heavy (non-hydrogen) atoms. The van der Waals surface area contributed by atoms with Crippen molar-refractivity contribution in [3.05, 3.63) is 23.8 Å². The summed E-state index contributed by atoms with van der Waals surface area (Å²) in [5.74, 6) is -2.67. The molecule has 1 aromatic carbocycles. The molecule has 5 nitrogen and oxygen atoms in total. The van der Waals surface area contributed by atoms with Crippen molar-refractivity contribution in [3.8, 4) is 0 Å². The van der Waals surface area contributed by atoms with Gasteiger partial charge in [0.05, 0.1) is 16.6 Å². The summed E-state index contributed by atoms with van der Waals surface area (Å²) < 4.78 is 28.0. The third-order valence-electron chi connectivity index (χ3n) is 5.74. The number of anilines is 1. The summed E-state index contributed by atoms with van der Waals surface area (Å²) in [4.78, 5) is 16.9. The molecule has 2 fully saturated rings. The zero-order valence-corrected chi connectivity index (χ0v) is 15.6. The first-order valence-electron chi connectivity index (χ1n) is 9.55. The number of hydrogen-bond acceptors (Lipinski definition) is 3. The van der Waals surface area contributed by atoms with E-state index in [1.165, 1.54) is 0 Å². The third-order valence-corrected chi connectivity index (χ3v) is 5.74. The Morgan fingerprint density at radius 3 is 2.63 bits per heavy atom. The maximum absolute atomic E-state index is 13.0. The van der Waals surface area contributed by atoms with Gasteiger partial charge in [-0.05, 0) is 56.7 Å². The molecule has 0 aliphatic heterocycles. The first kappa shape index (κ1) is 18.3. The highest BCUT2D eigenvalue weighted by molar-refractivity contribution is 5.92. The van der Waals surface area contributed by atoms with Crippen LogP contribution in [0.5, 0.6) is 0 Å². The van der Waals surface area contributed by atoms with Crippen molar-refractivity contribution in [2.75, 3.05) is 5.32 Å². The van der Waals surface area contributed by atoms with Crippen molar-refractivity contribution >= 4 is 22.9 Å². The molecule has 0 unspecified atom stereocenters. The molecule has 2 aliphatic rings. The normalized spacial score (nSPS) is 20.3. The summed E-state index contributed by atoms with van der Waals surface area (Å²) in [6, 6.07) is 5.86. The van der Waals surface area contributed by atoms with Gasteiger partial charge in [0, 0.05) is 25.3 Å². The fourth-order valence-electron chi connectivity index (χ4n) is 3.94. The highest BCUT2D eigenvalue weighted by Crippen LogP contribution is 2.44. The van der Waals surface area contributed by atoms with E-state index in [4.69, 9.17) is 0 Å². The van der Waals surface area contributed by atoms with Crippen molar-refractivity contribution in [1.82, 2.24) is 9.55 Å². The van der Waals surface area contributed by atoms with Crippen LogP contribution < -0.4 is 5.32 Å². The van der Waals surface area contributed by atoms with Gasteiger partial charge in [-0.1, -0.05) is 6.07 Å². The summed E-state index contributed by atoms with van der Waals surface area (Å²) in [6.07, 6.45) is 2.81. The van der Waals surface area contributed by atoms with Crippen LogP contribution in [0.2, 0.25) is 0 Å². The molecule has 1 aromatic heterocycles. The Bertz CT molecular complexity index is 873. The molecule has 0 spiro atoms. The van der Waals surface area contributed by atoms with Gasteiger partial charge < -0.3 is 9.67 Å². The van der Waals surface area contributed by atoms with Crippen LogP contribution in [0.1, 0.15) is 64.0 Å². The molecule has 0 atom stereocenters. The van der Waals surface area contributed by atoms with Crippen molar-refractivity contribution < 1.29 is 18.7 Å². The number of carbonyl (C=O) groups is 1. The summed E-state index contributed by atoms with van der Waals surface area (Å²) >= 11 is 0. The summed E-state index contributed by atoms with van der Waals surface area (Å²) in [5.41, 5.74) is 1.44. The molecule has 2 N–H and O–H groups in total. The molecule has 2 aliphatic carbocycles. The summed E-state index contributed by atoms with van der Waals surface area (Å²) in [5, 5.41) is 13.2. The molecule has 0 radical (unpaired) electrons. The van der Waals surface area contributed by atoms with Crippen LogP contribution in [0, 0.1) is 5.92 Å². The number of rotatable bonds is 5. The van der Waals surface area contributed by atoms with Crippen LogP contribution in [0.4, 0.5) is 14.7 Å². The summed E-state index contributed by atoms with van der Waals surface area (Å²) in [7, 11) is 0. The smallest absolute Gasteiger partial charge is 0.248 e. The van der Waals surface area contributed by atoms with Gasteiger partial charge in [-0.25, -0.2) is 13.8 Å². The molecule has 1 amide bonds. The molecular weight excluding hydrogens is 352 g/mol. The number of nitrogens with zero attached hydrogens (tertiary/aromatic N) is 2. The summed E-state index contributed by atoms with van der Waals surface area (Å²) in [6.45, 7) is 3.46. The van der Waals surface area contributed by atoms with E-state index in [9.17, 15) is 18.7 Å². The lowest BCUT2D eigenvalue weighted by molar-refractivity contribution is -0.129. The lowest BCUT2D eigenvalue weighted by Crippen LogP contribution is -2.37. The number of nitrogens with one attached hydrogen (secondary N) is 1. The first-order valence-corrected chi connectivity index (χ1v) is 9.55. The van der Waals surface area contributed by atoms with Gasteiger partial charge in [0.15, 0.2) is 0 Å². The highest BCUT2D eigenvalue weighted by Gasteiger charge is 2.45. The maximum Gasteiger partial charge on any atom is 0.248 e. The number of amides is 1. The van der Waals surface area contributed by atoms with Crippen molar-refractivity contribution in [3.63, 3.8) is 0 Å². The highest BCUT2D eigenvalue weighted by atomic mass is 19.3. The minimum Gasteiger partial charge on any atom is -0.386 e. The number of imidazole rings is 1. The average Bonchev–Trinajstić information content (AvgIpc) is 2.80. The zero-order valence-electron chi connectivity index (χ0n) is 15.6.